The molecule has 3 amide bonds. The van der Waals surface area contributed by atoms with Gasteiger partial charge < -0.3 is 15.3 Å². The maximum Gasteiger partial charge on any atom is 0.274 e. The van der Waals surface area contributed by atoms with Gasteiger partial charge in [0.05, 0.1) is 57.4 Å². The van der Waals surface area contributed by atoms with Crippen LogP contribution in [0.3, 0.4) is 0 Å². The molecule has 1 aromatic carbocycles. The lowest BCUT2D eigenvalue weighted by Gasteiger charge is -2.46. The van der Waals surface area contributed by atoms with Gasteiger partial charge >= 0.3 is 0 Å². The molecule has 0 unspecified atom stereocenters. The third-order valence-electron chi connectivity index (χ3n) is 13.4. The highest BCUT2D eigenvalue weighted by molar-refractivity contribution is 6.05. The molecule has 0 radical (unpaired) electrons. The molecule has 3 N–H and O–H groups in total. The highest BCUT2D eigenvalue weighted by Crippen LogP contribution is 2.37. The number of aromatic nitrogens is 5. The van der Waals surface area contributed by atoms with E-state index in [1.165, 1.54) is 16.8 Å². The number of halogens is 1. The van der Waals surface area contributed by atoms with Crippen molar-refractivity contribution in [2.45, 2.75) is 102 Å². The molecule has 16 heteroatoms. The smallest absolute Gasteiger partial charge is 0.274 e. The number of rotatable bonds is 8. The van der Waals surface area contributed by atoms with Crippen LogP contribution in [0.2, 0.25) is 0 Å². The molecule has 1 saturated carbocycles. The van der Waals surface area contributed by atoms with E-state index in [2.05, 4.69) is 52.4 Å². The largest absolute Gasteiger partial charge is 0.386 e. The number of nitrogens with zero attached hydrogens (tertiary/aromatic N) is 9. The number of aliphatic hydroxyl groups is 1. The number of fused-ring (bicyclic) bond motifs is 2. The van der Waals surface area contributed by atoms with Crippen LogP contribution < -0.4 is 15.5 Å². The molecule has 5 aromatic rings. The number of amides is 3. The average molecular weight is 830 g/mol. The zero-order valence-corrected chi connectivity index (χ0v) is 34.9. The fourth-order valence-corrected chi connectivity index (χ4v) is 10.0. The molecule has 9 rings (SSSR count). The summed E-state index contributed by atoms with van der Waals surface area (Å²) in [4.78, 5) is 49.6. The van der Waals surface area contributed by atoms with Crippen molar-refractivity contribution in [2.24, 2.45) is 0 Å². The number of hydrogen-bond acceptors (Lipinski definition) is 11. The van der Waals surface area contributed by atoms with Crippen molar-refractivity contribution in [3.63, 3.8) is 0 Å². The van der Waals surface area contributed by atoms with Crippen molar-refractivity contribution >= 4 is 45.5 Å². The minimum absolute atomic E-state index is 0.127. The lowest BCUT2D eigenvalue weighted by molar-refractivity contribution is -0.134. The van der Waals surface area contributed by atoms with E-state index in [-0.39, 0.29) is 36.4 Å². The Balaban J connectivity index is 0.779. The second-order valence-electron chi connectivity index (χ2n) is 17.7. The molecular formula is C45H52FN11O4. The van der Waals surface area contributed by atoms with Gasteiger partial charge in [0.15, 0.2) is 0 Å². The Hall–Kier alpha value is -5.76. The van der Waals surface area contributed by atoms with Crippen molar-refractivity contribution in [3.05, 3.63) is 82.8 Å². The lowest BCUT2D eigenvalue weighted by atomic mass is 9.89. The summed E-state index contributed by atoms with van der Waals surface area (Å²) in [6, 6.07) is 13.7. The molecule has 318 valence electrons. The van der Waals surface area contributed by atoms with E-state index in [4.69, 9.17) is 5.10 Å². The lowest BCUT2D eigenvalue weighted by Crippen LogP contribution is -2.55. The van der Waals surface area contributed by atoms with Crippen LogP contribution in [0.4, 0.5) is 15.8 Å². The number of anilines is 2. The second-order valence-corrected chi connectivity index (χ2v) is 17.7. The molecule has 0 spiro atoms. The third-order valence-corrected chi connectivity index (χ3v) is 13.4. The van der Waals surface area contributed by atoms with Crippen molar-refractivity contribution < 1.29 is 23.9 Å². The van der Waals surface area contributed by atoms with E-state index < -0.39 is 23.2 Å². The summed E-state index contributed by atoms with van der Waals surface area (Å²) in [7, 11) is 0. The van der Waals surface area contributed by atoms with Gasteiger partial charge in [-0.1, -0.05) is 0 Å². The van der Waals surface area contributed by atoms with Crippen LogP contribution in [0.25, 0.3) is 16.4 Å². The quantitative estimate of drug-likeness (QED) is 0.176. The van der Waals surface area contributed by atoms with Gasteiger partial charge in [-0.25, -0.2) is 8.91 Å². The van der Waals surface area contributed by atoms with E-state index in [9.17, 15) is 24.8 Å². The van der Waals surface area contributed by atoms with Crippen LogP contribution >= 0.6 is 0 Å². The number of piperidine rings is 2. The molecule has 15 nitrogen and oxygen atoms in total. The van der Waals surface area contributed by atoms with Crippen molar-refractivity contribution in [1.29, 1.82) is 5.26 Å². The Morgan fingerprint density at radius 3 is 2.30 bits per heavy atom. The van der Waals surface area contributed by atoms with Crippen molar-refractivity contribution in [2.75, 3.05) is 49.5 Å². The van der Waals surface area contributed by atoms with E-state index in [0.717, 1.165) is 94.4 Å². The highest BCUT2D eigenvalue weighted by Gasteiger charge is 2.35. The van der Waals surface area contributed by atoms with Gasteiger partial charge in [-0.15, -0.1) is 0 Å². The summed E-state index contributed by atoms with van der Waals surface area (Å²) in [5.41, 5.74) is 3.56. The van der Waals surface area contributed by atoms with Gasteiger partial charge in [0, 0.05) is 86.7 Å². The molecule has 3 aliphatic heterocycles. The maximum atomic E-state index is 15.3. The predicted octanol–water partition coefficient (Wildman–Crippen LogP) is 5.17. The first kappa shape index (κ1) is 40.6. The fraction of sp³-hybridized carbons (Fsp3) is 0.489. The molecule has 4 aromatic heterocycles. The summed E-state index contributed by atoms with van der Waals surface area (Å²) in [5, 5.41) is 35.9. The van der Waals surface area contributed by atoms with Crippen LogP contribution in [-0.2, 0) is 15.2 Å². The van der Waals surface area contributed by atoms with Crippen LogP contribution in [0.1, 0.15) is 110 Å². The molecule has 4 fully saturated rings. The zero-order valence-electron chi connectivity index (χ0n) is 34.9. The Labute approximate surface area is 353 Å². The molecule has 3 saturated heterocycles. The number of carbonyl (C=O) groups excluding carboxylic acids is 3. The molecule has 0 bridgehead atoms. The Bertz CT molecular complexity index is 2550. The van der Waals surface area contributed by atoms with Gasteiger partial charge in [0.1, 0.15) is 17.6 Å². The van der Waals surface area contributed by atoms with E-state index in [0.29, 0.717) is 45.8 Å². The topological polar surface area (TPSA) is 177 Å². The van der Waals surface area contributed by atoms with Crippen molar-refractivity contribution in [1.82, 2.24) is 39.5 Å². The van der Waals surface area contributed by atoms with Crippen LogP contribution in [0, 0.1) is 24.1 Å². The van der Waals surface area contributed by atoms with Crippen molar-refractivity contribution in [3.8, 4) is 6.07 Å². The fourth-order valence-electron chi connectivity index (χ4n) is 10.0. The van der Waals surface area contributed by atoms with Gasteiger partial charge in [0.25, 0.3) is 5.91 Å². The normalized spacial score (nSPS) is 22.4. The number of nitrogens with one attached hydrogen (secondary N) is 2. The Morgan fingerprint density at radius 1 is 0.934 bits per heavy atom. The number of hydrogen-bond donors (Lipinski definition) is 3. The Kier molecular flexibility index (Phi) is 10.8. The zero-order chi connectivity index (χ0) is 42.6. The minimum atomic E-state index is -1.24. The number of pyridine rings is 1. The molecular weight excluding hydrogens is 778 g/mol. The summed E-state index contributed by atoms with van der Waals surface area (Å²) in [6.45, 7) is 11.1. The van der Waals surface area contributed by atoms with Gasteiger partial charge in [-0.05, 0) is 96.0 Å². The number of benzene rings is 1. The second kappa shape index (κ2) is 16.3. The maximum absolute atomic E-state index is 15.3. The monoisotopic (exact) mass is 829 g/mol. The number of piperazine rings is 1. The van der Waals surface area contributed by atoms with Gasteiger partial charge in [-0.2, -0.15) is 15.5 Å². The molecule has 7 heterocycles. The first-order chi connectivity index (χ1) is 29.3. The standard InChI is InChI=1S/C45H52FN11O4/c1-27-40(23-36(46)42(49-27)34-9-11-41(58)51-43(34)59)55-14-12-31(13-15-55)54-18-16-53(17-19-54)30-4-6-32(7-5-30)56-26-29-21-38(35(45(2,3)61)22-37(29)52-56)50-44(60)39-10-8-33-20-28(24-47)25-48-57(33)39/h8,10,20-23,25-26,30-32,34,61H,4-7,9,11-19H2,1-3H3,(H,50,60)(H,51,58,59)/t30?,32?,34-/m1/s1. The molecule has 61 heavy (non-hydrogen) atoms. The summed E-state index contributed by atoms with van der Waals surface area (Å²) in [5.74, 6) is -2.41. The predicted molar refractivity (Wildman–Crippen MR) is 227 cm³/mol. The van der Waals surface area contributed by atoms with Crippen LogP contribution in [0.15, 0.2) is 48.8 Å². The summed E-state index contributed by atoms with van der Waals surface area (Å²) < 4.78 is 18.9. The Morgan fingerprint density at radius 2 is 1.62 bits per heavy atom. The van der Waals surface area contributed by atoms with E-state index in [1.807, 2.05) is 19.1 Å². The molecule has 4 aliphatic rings. The number of carbonyl (C=O) groups is 3. The minimum Gasteiger partial charge on any atom is -0.386 e. The van der Waals surface area contributed by atoms with E-state index in [1.54, 1.807) is 32.0 Å². The SMILES string of the molecule is Cc1nc([C@H]2CCC(=O)NC2=O)c(F)cc1N1CCC(N2CCN(C3CCC(n4cc5cc(NC(=O)c6ccc7cc(C#N)cnn67)c(C(C)(C)O)cc5n4)CC3)CC2)CC1. The number of imide groups is 1. The van der Waals surface area contributed by atoms with Crippen LogP contribution in [-0.4, -0.2) is 108 Å². The molecule has 1 aliphatic carbocycles. The highest BCUT2D eigenvalue weighted by atomic mass is 19.1. The third kappa shape index (κ3) is 8.09. The number of aryl methyl sites for hydroxylation is 1. The number of nitriles is 1. The van der Waals surface area contributed by atoms with Gasteiger partial charge in [0.2, 0.25) is 11.8 Å². The molecule has 1 atom stereocenters. The summed E-state index contributed by atoms with van der Waals surface area (Å²) in [6.07, 6.45) is 10.2. The average Bonchev–Trinajstić information content (AvgIpc) is 3.88. The van der Waals surface area contributed by atoms with Crippen LogP contribution in [0.5, 0.6) is 0 Å². The first-order valence-corrected chi connectivity index (χ1v) is 21.5. The van der Waals surface area contributed by atoms with E-state index >= 15 is 4.39 Å². The summed E-state index contributed by atoms with van der Waals surface area (Å²) >= 11 is 0. The van der Waals surface area contributed by atoms with Gasteiger partial charge in [-0.3, -0.25) is 39.2 Å². The first-order valence-electron chi connectivity index (χ1n) is 21.5.